The van der Waals surface area contributed by atoms with E-state index in [0.717, 1.165) is 22.8 Å². The fourth-order valence-corrected chi connectivity index (χ4v) is 5.24. The average Bonchev–Trinajstić information content (AvgIpc) is 3.66. The summed E-state index contributed by atoms with van der Waals surface area (Å²) < 4.78 is 90.2. The number of hydrogen-bond donors (Lipinski definition) is 1. The van der Waals surface area contributed by atoms with Gasteiger partial charge in [0.25, 0.3) is 15.6 Å². The van der Waals surface area contributed by atoms with E-state index in [1.807, 2.05) is 0 Å². The topological polar surface area (TPSA) is 103 Å². The van der Waals surface area contributed by atoms with Gasteiger partial charge < -0.3 is 4.74 Å². The number of hydrogen-bond acceptors (Lipinski definition) is 6. The van der Waals surface area contributed by atoms with E-state index >= 15 is 4.39 Å². The first-order chi connectivity index (χ1) is 17.5. The van der Waals surface area contributed by atoms with E-state index < -0.39 is 38.6 Å². The number of aromatic nitrogens is 3. The maximum absolute atomic E-state index is 15.1. The van der Waals surface area contributed by atoms with Crippen LogP contribution in [0.15, 0.2) is 70.6 Å². The Balaban J connectivity index is 1.63. The van der Waals surface area contributed by atoms with Crippen LogP contribution < -0.4 is 15.0 Å². The van der Waals surface area contributed by atoms with Gasteiger partial charge >= 0.3 is 6.18 Å². The number of halogens is 4. The van der Waals surface area contributed by atoms with Crippen LogP contribution in [0.1, 0.15) is 18.4 Å². The van der Waals surface area contributed by atoms with Crippen molar-refractivity contribution in [2.45, 2.75) is 29.3 Å². The molecule has 192 valence electrons. The zero-order chi connectivity index (χ0) is 26.6. The molecule has 0 atom stereocenters. The normalized spacial score (nSPS) is 14.9. The summed E-state index contributed by atoms with van der Waals surface area (Å²) in [5.74, 6) is -1.40. The van der Waals surface area contributed by atoms with Crippen LogP contribution in [-0.2, 0) is 15.4 Å². The molecule has 0 aliphatic heterocycles. The van der Waals surface area contributed by atoms with Crippen LogP contribution in [0.2, 0.25) is 0 Å². The molecular formula is C24H18F4N4O4S. The number of benzene rings is 2. The predicted octanol–water partition coefficient (Wildman–Crippen LogP) is 4.32. The SMILES string of the molecule is COc1cc(C2(C(F)(F)F)CC2)c(F)cc1-n1c(=O)ccc2cc(S(=O)(=O)Nc3ncccn3)ccc21. The summed E-state index contributed by atoms with van der Waals surface area (Å²) >= 11 is 0. The zero-order valence-corrected chi connectivity index (χ0v) is 19.9. The van der Waals surface area contributed by atoms with Crippen molar-refractivity contribution < 1.29 is 30.7 Å². The minimum atomic E-state index is -4.64. The van der Waals surface area contributed by atoms with E-state index in [-0.39, 0.29) is 46.0 Å². The van der Waals surface area contributed by atoms with E-state index in [4.69, 9.17) is 4.74 Å². The van der Waals surface area contributed by atoms with Crippen molar-refractivity contribution in [1.29, 1.82) is 0 Å². The smallest absolute Gasteiger partial charge is 0.398 e. The number of ether oxygens (including phenoxy) is 1. The Morgan fingerprint density at radius 1 is 1.05 bits per heavy atom. The molecule has 2 aromatic heterocycles. The maximum Gasteiger partial charge on any atom is 0.398 e. The maximum atomic E-state index is 15.1. The number of alkyl halides is 3. The second-order valence-corrected chi connectivity index (χ2v) is 10.2. The molecule has 1 aliphatic carbocycles. The number of sulfonamides is 1. The van der Waals surface area contributed by atoms with Crippen molar-refractivity contribution in [3.8, 4) is 11.4 Å². The number of nitrogens with zero attached hydrogens (tertiary/aromatic N) is 3. The second-order valence-electron chi connectivity index (χ2n) is 8.49. The lowest BCUT2D eigenvalue weighted by Crippen LogP contribution is -2.30. The third-order valence-corrected chi connectivity index (χ3v) is 7.61. The molecule has 1 aliphatic rings. The third kappa shape index (κ3) is 4.18. The first kappa shape index (κ1) is 24.7. The van der Waals surface area contributed by atoms with Gasteiger partial charge in [-0.25, -0.2) is 27.5 Å². The summed E-state index contributed by atoms with van der Waals surface area (Å²) in [4.78, 5) is 20.3. The molecule has 1 N–H and O–H groups in total. The van der Waals surface area contributed by atoms with Gasteiger partial charge in [-0.15, -0.1) is 0 Å². The quantitative estimate of drug-likeness (QED) is 0.370. The first-order valence-corrected chi connectivity index (χ1v) is 12.4. The van der Waals surface area contributed by atoms with Gasteiger partial charge in [-0.3, -0.25) is 9.36 Å². The molecule has 2 heterocycles. The molecule has 0 bridgehead atoms. The van der Waals surface area contributed by atoms with Gasteiger partial charge in [-0.1, -0.05) is 0 Å². The standard InChI is InChI=1S/C24H18F4N4O4S/c1-36-20-12-16(23(7-8-23)24(26,27)28)17(25)13-19(20)32-18-5-4-15(11-14(18)3-6-21(32)33)37(34,35)31-22-29-9-2-10-30-22/h2-6,9-13H,7-8H2,1H3,(H,29,30,31). The molecule has 1 saturated carbocycles. The van der Waals surface area contributed by atoms with E-state index in [0.29, 0.717) is 0 Å². The van der Waals surface area contributed by atoms with Gasteiger partial charge in [0.1, 0.15) is 11.6 Å². The summed E-state index contributed by atoms with van der Waals surface area (Å²) in [5, 5.41) is 0.289. The number of methoxy groups -OCH3 is 1. The lowest BCUT2D eigenvalue weighted by Gasteiger charge is -2.22. The largest absolute Gasteiger partial charge is 0.495 e. The molecule has 0 radical (unpaired) electrons. The molecule has 1 fully saturated rings. The van der Waals surface area contributed by atoms with Crippen molar-refractivity contribution in [1.82, 2.24) is 14.5 Å². The van der Waals surface area contributed by atoms with Crippen LogP contribution in [0.4, 0.5) is 23.5 Å². The molecule has 0 spiro atoms. The van der Waals surface area contributed by atoms with Crippen LogP contribution in [0, 0.1) is 5.82 Å². The van der Waals surface area contributed by atoms with E-state index in [2.05, 4.69) is 14.7 Å². The molecule has 13 heteroatoms. The summed E-state index contributed by atoms with van der Waals surface area (Å²) in [5.41, 5.74) is -3.39. The summed E-state index contributed by atoms with van der Waals surface area (Å²) in [7, 11) is -2.89. The molecule has 5 rings (SSSR count). The molecule has 2 aromatic carbocycles. The minimum absolute atomic E-state index is 0.122. The highest BCUT2D eigenvalue weighted by Gasteiger charge is 2.65. The molecule has 4 aromatic rings. The van der Waals surface area contributed by atoms with Gasteiger partial charge in [0, 0.05) is 35.5 Å². The predicted molar refractivity (Wildman–Crippen MR) is 126 cm³/mol. The van der Waals surface area contributed by atoms with Crippen LogP contribution in [0.5, 0.6) is 5.75 Å². The molecule has 0 saturated heterocycles. The fourth-order valence-electron chi connectivity index (χ4n) is 4.25. The van der Waals surface area contributed by atoms with Gasteiger partial charge in [0.15, 0.2) is 0 Å². The lowest BCUT2D eigenvalue weighted by molar-refractivity contribution is -0.161. The Bertz CT molecular complexity index is 1690. The third-order valence-electron chi connectivity index (χ3n) is 6.29. The highest BCUT2D eigenvalue weighted by atomic mass is 32.2. The van der Waals surface area contributed by atoms with Gasteiger partial charge in [0.05, 0.1) is 28.6 Å². The fraction of sp³-hybridized carbons (Fsp3) is 0.208. The second kappa shape index (κ2) is 8.54. The molecule has 8 nitrogen and oxygen atoms in total. The summed E-state index contributed by atoms with van der Waals surface area (Å²) in [6.07, 6.45) is -2.41. The van der Waals surface area contributed by atoms with Crippen molar-refractivity contribution in [2.24, 2.45) is 0 Å². The monoisotopic (exact) mass is 534 g/mol. The molecule has 0 amide bonds. The summed E-state index contributed by atoms with van der Waals surface area (Å²) in [6.45, 7) is 0. The Kier molecular flexibility index (Phi) is 5.70. The van der Waals surface area contributed by atoms with Crippen molar-refractivity contribution in [3.05, 3.63) is 82.7 Å². The van der Waals surface area contributed by atoms with Gasteiger partial charge in [-0.2, -0.15) is 13.2 Å². The Morgan fingerprint density at radius 3 is 2.38 bits per heavy atom. The van der Waals surface area contributed by atoms with Crippen molar-refractivity contribution in [3.63, 3.8) is 0 Å². The van der Waals surface area contributed by atoms with Gasteiger partial charge in [0.2, 0.25) is 5.95 Å². The van der Waals surface area contributed by atoms with Crippen LogP contribution >= 0.6 is 0 Å². The van der Waals surface area contributed by atoms with Crippen molar-refractivity contribution >= 4 is 26.9 Å². The number of nitrogens with one attached hydrogen (secondary N) is 1. The Hall–Kier alpha value is -4.00. The van der Waals surface area contributed by atoms with E-state index in [1.54, 1.807) is 0 Å². The highest BCUT2D eigenvalue weighted by molar-refractivity contribution is 7.92. The molecular weight excluding hydrogens is 516 g/mol. The average molecular weight is 534 g/mol. The summed E-state index contributed by atoms with van der Waals surface area (Å²) in [6, 6.07) is 9.69. The molecule has 37 heavy (non-hydrogen) atoms. The van der Waals surface area contributed by atoms with Crippen molar-refractivity contribution in [2.75, 3.05) is 11.8 Å². The van der Waals surface area contributed by atoms with Gasteiger partial charge in [-0.05, 0) is 49.2 Å². The number of pyridine rings is 1. The highest BCUT2D eigenvalue weighted by Crippen LogP contribution is 2.60. The van der Waals surface area contributed by atoms with E-state index in [9.17, 15) is 26.4 Å². The van der Waals surface area contributed by atoms with Crippen LogP contribution in [-0.4, -0.2) is 36.2 Å². The lowest BCUT2D eigenvalue weighted by atomic mass is 9.94. The van der Waals surface area contributed by atoms with Crippen LogP contribution in [0.3, 0.4) is 0 Å². The number of rotatable bonds is 6. The number of fused-ring (bicyclic) bond motifs is 1. The van der Waals surface area contributed by atoms with Crippen LogP contribution in [0.25, 0.3) is 16.6 Å². The number of anilines is 1. The Morgan fingerprint density at radius 2 is 1.76 bits per heavy atom. The molecule has 0 unspecified atom stereocenters. The Labute approximate surface area is 207 Å². The first-order valence-electron chi connectivity index (χ1n) is 10.9. The zero-order valence-electron chi connectivity index (χ0n) is 19.1. The van der Waals surface area contributed by atoms with E-state index in [1.165, 1.54) is 49.8 Å². The minimum Gasteiger partial charge on any atom is -0.495 e.